The van der Waals surface area contributed by atoms with Crippen molar-refractivity contribution in [2.75, 3.05) is 4.90 Å². The minimum atomic E-state index is -0.333. The summed E-state index contributed by atoms with van der Waals surface area (Å²) in [4.78, 5) is 2.48. The average Bonchev–Trinajstić information content (AvgIpc) is 3.83. The minimum Gasteiger partial charge on any atom is -0.455 e. The molecule has 0 saturated heterocycles. The van der Waals surface area contributed by atoms with Crippen LogP contribution in [0.15, 0.2) is 168 Å². The lowest BCUT2D eigenvalue weighted by atomic mass is 9.78. The van der Waals surface area contributed by atoms with Crippen molar-refractivity contribution in [3.63, 3.8) is 0 Å². The number of para-hydroxylation sites is 1. The van der Waals surface area contributed by atoms with Crippen molar-refractivity contribution in [3.05, 3.63) is 175 Å². The van der Waals surface area contributed by atoms with E-state index in [0.717, 1.165) is 27.9 Å². The van der Waals surface area contributed by atoms with Gasteiger partial charge in [-0.2, -0.15) is 0 Å². The Kier molecular flexibility index (Phi) is 6.21. The monoisotopic (exact) mass is 683 g/mol. The highest BCUT2D eigenvalue weighted by Gasteiger charge is 2.42. The number of rotatable bonds is 4. The van der Waals surface area contributed by atoms with E-state index in [1.165, 1.54) is 75.4 Å². The summed E-state index contributed by atoms with van der Waals surface area (Å²) in [6.45, 7) is 4.81. The van der Waals surface area contributed by atoms with E-state index in [1.807, 2.05) is 11.3 Å². The van der Waals surface area contributed by atoms with Gasteiger partial charge in [0.1, 0.15) is 11.2 Å². The number of benzene rings is 8. The zero-order valence-electron chi connectivity index (χ0n) is 28.9. The topological polar surface area (TPSA) is 16.4 Å². The SMILES string of the molecule is CC1(C)c2c(cccc2N(c2ccc(-c3ccccc3)cc2)c2ccc3c(c2)sc2ccccc23)-c2c1c1c3ccccc3oc1c1ccccc21. The van der Waals surface area contributed by atoms with Gasteiger partial charge in [-0.05, 0) is 81.2 Å². The fourth-order valence-electron chi connectivity index (χ4n) is 8.98. The van der Waals surface area contributed by atoms with Crippen molar-refractivity contribution in [1.82, 2.24) is 0 Å². The van der Waals surface area contributed by atoms with Gasteiger partial charge in [0.25, 0.3) is 0 Å². The van der Waals surface area contributed by atoms with E-state index in [0.29, 0.717) is 0 Å². The van der Waals surface area contributed by atoms with Gasteiger partial charge in [0.2, 0.25) is 0 Å². The first-order chi connectivity index (χ1) is 25.6. The number of anilines is 3. The van der Waals surface area contributed by atoms with Crippen LogP contribution in [-0.2, 0) is 5.41 Å². The van der Waals surface area contributed by atoms with Gasteiger partial charge in [-0.3, -0.25) is 0 Å². The van der Waals surface area contributed by atoms with Gasteiger partial charge in [-0.1, -0.05) is 135 Å². The molecule has 3 heteroatoms. The molecule has 0 amide bonds. The molecule has 0 fully saturated rings. The van der Waals surface area contributed by atoms with Crippen molar-refractivity contribution in [2.24, 2.45) is 0 Å². The van der Waals surface area contributed by atoms with Gasteiger partial charge < -0.3 is 9.32 Å². The molecule has 2 heterocycles. The third kappa shape index (κ3) is 4.11. The van der Waals surface area contributed by atoms with E-state index in [2.05, 4.69) is 183 Å². The van der Waals surface area contributed by atoms with Crippen LogP contribution in [0.3, 0.4) is 0 Å². The molecule has 0 bridgehead atoms. The van der Waals surface area contributed by atoms with Gasteiger partial charge >= 0.3 is 0 Å². The summed E-state index contributed by atoms with van der Waals surface area (Å²) >= 11 is 1.87. The summed E-state index contributed by atoms with van der Waals surface area (Å²) in [5.41, 5.74) is 12.7. The van der Waals surface area contributed by atoms with Crippen LogP contribution >= 0.6 is 11.3 Å². The summed E-state index contributed by atoms with van der Waals surface area (Å²) in [6, 6.07) is 59.6. The van der Waals surface area contributed by atoms with Gasteiger partial charge in [-0.15, -0.1) is 11.3 Å². The van der Waals surface area contributed by atoms with E-state index in [-0.39, 0.29) is 5.41 Å². The first-order valence-electron chi connectivity index (χ1n) is 17.9. The quantitative estimate of drug-likeness (QED) is 0.184. The third-order valence-electron chi connectivity index (χ3n) is 11.2. The van der Waals surface area contributed by atoms with E-state index in [1.54, 1.807) is 0 Å². The fourth-order valence-corrected chi connectivity index (χ4v) is 10.1. The Hall–Kier alpha value is -6.16. The number of nitrogens with zero attached hydrogens (tertiary/aromatic N) is 1. The predicted molar refractivity (Wildman–Crippen MR) is 222 cm³/mol. The zero-order chi connectivity index (χ0) is 34.6. The second-order valence-electron chi connectivity index (χ2n) is 14.4. The molecule has 10 aromatic rings. The van der Waals surface area contributed by atoms with Crippen molar-refractivity contribution in [1.29, 1.82) is 0 Å². The Morgan fingerprint density at radius 1 is 0.500 bits per heavy atom. The lowest BCUT2D eigenvalue weighted by molar-refractivity contribution is 0.659. The number of hydrogen-bond donors (Lipinski definition) is 0. The lowest BCUT2D eigenvalue weighted by Gasteiger charge is -2.32. The number of fused-ring (bicyclic) bond motifs is 13. The smallest absolute Gasteiger partial charge is 0.143 e. The Labute approximate surface area is 305 Å². The van der Waals surface area contributed by atoms with Crippen LogP contribution in [0.2, 0.25) is 0 Å². The van der Waals surface area contributed by atoms with Gasteiger partial charge in [0.05, 0.1) is 5.69 Å². The van der Waals surface area contributed by atoms with Crippen LogP contribution in [-0.4, -0.2) is 0 Å². The summed E-state index contributed by atoms with van der Waals surface area (Å²) < 4.78 is 9.31. The van der Waals surface area contributed by atoms with Crippen LogP contribution in [0, 0.1) is 0 Å². The normalized spacial score (nSPS) is 13.3. The second kappa shape index (κ2) is 10.9. The molecule has 52 heavy (non-hydrogen) atoms. The highest BCUT2D eigenvalue weighted by molar-refractivity contribution is 7.25. The van der Waals surface area contributed by atoms with Crippen molar-refractivity contribution in [2.45, 2.75) is 19.3 Å². The summed E-state index contributed by atoms with van der Waals surface area (Å²) in [6.07, 6.45) is 0. The lowest BCUT2D eigenvalue weighted by Crippen LogP contribution is -2.21. The molecule has 0 N–H and O–H groups in total. The predicted octanol–water partition coefficient (Wildman–Crippen LogP) is 14.6. The van der Waals surface area contributed by atoms with Gasteiger partial charge in [0, 0.05) is 53.1 Å². The second-order valence-corrected chi connectivity index (χ2v) is 15.5. The molecule has 2 aromatic heterocycles. The molecule has 8 aromatic carbocycles. The van der Waals surface area contributed by atoms with Crippen molar-refractivity contribution < 1.29 is 4.42 Å². The average molecular weight is 684 g/mol. The van der Waals surface area contributed by atoms with Crippen LogP contribution in [0.5, 0.6) is 0 Å². The molecule has 246 valence electrons. The molecule has 0 spiro atoms. The Balaban J connectivity index is 1.19. The zero-order valence-corrected chi connectivity index (χ0v) is 29.7. The molecule has 0 radical (unpaired) electrons. The molecule has 0 atom stereocenters. The molecule has 11 rings (SSSR count). The van der Waals surface area contributed by atoms with E-state index in [9.17, 15) is 0 Å². The van der Waals surface area contributed by atoms with Crippen molar-refractivity contribution in [3.8, 4) is 22.3 Å². The van der Waals surface area contributed by atoms with E-state index < -0.39 is 0 Å². The standard InChI is InChI=1S/C49H33NOS/c1-49(2)46-39(44-36-16-6-7-17-37(36)48-45(47(44)49)38-18-8-10-21-41(38)51-48)19-12-20-40(46)50(32-25-23-31(24-26-32)30-13-4-3-5-14-30)33-27-28-35-34-15-9-11-22-42(34)52-43(35)29-33/h3-29H,1-2H3. The first-order valence-corrected chi connectivity index (χ1v) is 18.7. The van der Waals surface area contributed by atoms with E-state index in [4.69, 9.17) is 4.42 Å². The van der Waals surface area contributed by atoms with Crippen LogP contribution in [0.1, 0.15) is 25.0 Å². The van der Waals surface area contributed by atoms with Crippen LogP contribution in [0.4, 0.5) is 17.1 Å². The van der Waals surface area contributed by atoms with E-state index >= 15 is 0 Å². The Bertz CT molecular complexity index is 3040. The largest absolute Gasteiger partial charge is 0.455 e. The molecule has 0 saturated carbocycles. The van der Waals surface area contributed by atoms with Gasteiger partial charge in [-0.25, -0.2) is 0 Å². The van der Waals surface area contributed by atoms with Gasteiger partial charge in [0.15, 0.2) is 0 Å². The minimum absolute atomic E-state index is 0.333. The molecular formula is C49H33NOS. The third-order valence-corrected chi connectivity index (χ3v) is 12.3. The highest BCUT2D eigenvalue weighted by atomic mass is 32.1. The molecule has 0 unspecified atom stereocenters. The summed E-state index contributed by atoms with van der Waals surface area (Å²) in [7, 11) is 0. The summed E-state index contributed by atoms with van der Waals surface area (Å²) in [5.74, 6) is 0. The number of hydrogen-bond acceptors (Lipinski definition) is 3. The number of thiophene rings is 1. The molecular weight excluding hydrogens is 651 g/mol. The van der Waals surface area contributed by atoms with Crippen LogP contribution in [0.25, 0.3) is 75.1 Å². The Morgan fingerprint density at radius 2 is 1.15 bits per heavy atom. The maximum Gasteiger partial charge on any atom is 0.143 e. The fraction of sp³-hybridized carbons (Fsp3) is 0.0612. The maximum absolute atomic E-state index is 6.70. The summed E-state index contributed by atoms with van der Waals surface area (Å²) in [5, 5.41) is 7.40. The highest BCUT2D eigenvalue weighted by Crippen LogP contribution is 2.59. The number of furan rings is 1. The van der Waals surface area contributed by atoms with Crippen molar-refractivity contribution >= 4 is 81.3 Å². The molecule has 1 aliphatic rings. The Morgan fingerprint density at radius 3 is 1.98 bits per heavy atom. The van der Waals surface area contributed by atoms with Crippen LogP contribution < -0.4 is 4.90 Å². The first kappa shape index (κ1) is 29.6. The maximum atomic E-state index is 6.70. The molecule has 0 aliphatic heterocycles. The molecule has 2 nitrogen and oxygen atoms in total. The molecule has 1 aliphatic carbocycles.